The normalized spacial score (nSPS) is 15.5. The van der Waals surface area contributed by atoms with Gasteiger partial charge in [0.1, 0.15) is 12.4 Å². The lowest BCUT2D eigenvalue weighted by molar-refractivity contribution is -0.120. The van der Waals surface area contributed by atoms with Crippen molar-refractivity contribution >= 4 is 33.2 Å². The average molecular weight is 494 g/mol. The van der Waals surface area contributed by atoms with Gasteiger partial charge in [-0.05, 0) is 74.5 Å². The third-order valence-electron chi connectivity index (χ3n) is 5.97. The molecule has 0 bridgehead atoms. The number of rotatable bonds is 10. The number of carbonyl (C=O) groups excluding carboxylic acids is 1. The van der Waals surface area contributed by atoms with Gasteiger partial charge < -0.3 is 15.0 Å². The summed E-state index contributed by atoms with van der Waals surface area (Å²) in [5, 5.41) is 3.43. The van der Waals surface area contributed by atoms with E-state index in [9.17, 15) is 13.2 Å². The van der Waals surface area contributed by atoms with Crippen LogP contribution in [0, 0.1) is 5.92 Å². The van der Waals surface area contributed by atoms with Crippen molar-refractivity contribution in [3.8, 4) is 5.75 Å². The first-order valence-electron chi connectivity index (χ1n) is 11.3. The molecule has 0 aromatic heterocycles. The molecule has 2 aromatic carbocycles. The number of likely N-dealkylation sites (N-methyl/N-ethyl adjacent to an activating group) is 1. The van der Waals surface area contributed by atoms with Gasteiger partial charge in [0.15, 0.2) is 0 Å². The van der Waals surface area contributed by atoms with Crippen LogP contribution < -0.4 is 10.1 Å². The number of nitrogens with one attached hydrogen (secondary N) is 1. The van der Waals surface area contributed by atoms with Gasteiger partial charge in [-0.15, -0.1) is 0 Å². The Morgan fingerprint density at radius 2 is 1.67 bits per heavy atom. The number of benzene rings is 2. The topological polar surface area (TPSA) is 79.0 Å². The largest absolute Gasteiger partial charge is 0.492 e. The summed E-state index contributed by atoms with van der Waals surface area (Å²) < 4.78 is 32.8. The number of nitrogens with zero attached hydrogens (tertiary/aromatic N) is 2. The molecule has 0 spiro atoms. The highest BCUT2D eigenvalue weighted by Gasteiger charge is 2.32. The van der Waals surface area contributed by atoms with E-state index in [4.69, 9.17) is 16.3 Å². The molecule has 1 N–H and O–H groups in total. The van der Waals surface area contributed by atoms with Gasteiger partial charge in [0.2, 0.25) is 15.9 Å². The quantitative estimate of drug-likeness (QED) is 0.539. The van der Waals surface area contributed by atoms with Gasteiger partial charge in [-0.3, -0.25) is 4.79 Å². The monoisotopic (exact) mass is 493 g/mol. The minimum absolute atomic E-state index is 0.0891. The van der Waals surface area contributed by atoms with Gasteiger partial charge in [-0.2, -0.15) is 4.31 Å². The lowest BCUT2D eigenvalue weighted by atomic mass is 9.97. The fourth-order valence-corrected chi connectivity index (χ4v) is 5.42. The Balaban J connectivity index is 1.47. The van der Waals surface area contributed by atoms with Crippen molar-refractivity contribution in [2.75, 3.05) is 44.6 Å². The molecule has 180 valence electrons. The Morgan fingerprint density at radius 1 is 1.06 bits per heavy atom. The number of sulfonamides is 1. The third-order valence-corrected chi connectivity index (χ3v) is 8.13. The second-order valence-electron chi connectivity index (χ2n) is 8.02. The van der Waals surface area contributed by atoms with Crippen molar-refractivity contribution in [1.82, 2.24) is 9.21 Å². The first-order valence-corrected chi connectivity index (χ1v) is 13.2. The Kier molecular flexibility index (Phi) is 9.14. The van der Waals surface area contributed by atoms with E-state index in [1.54, 1.807) is 12.1 Å². The van der Waals surface area contributed by atoms with Crippen LogP contribution in [0.2, 0.25) is 5.02 Å². The zero-order valence-electron chi connectivity index (χ0n) is 19.2. The molecule has 0 unspecified atom stereocenters. The summed E-state index contributed by atoms with van der Waals surface area (Å²) in [5.74, 6) is 0.446. The summed E-state index contributed by atoms with van der Waals surface area (Å²) >= 11 is 5.86. The van der Waals surface area contributed by atoms with Crippen LogP contribution in [0.3, 0.4) is 0 Å². The van der Waals surface area contributed by atoms with Crippen LogP contribution in [0.25, 0.3) is 0 Å². The lowest BCUT2D eigenvalue weighted by Crippen LogP contribution is -2.41. The first kappa shape index (κ1) is 25.5. The predicted molar refractivity (Wildman–Crippen MR) is 131 cm³/mol. The molecule has 1 amide bonds. The highest BCUT2D eigenvalue weighted by atomic mass is 35.5. The van der Waals surface area contributed by atoms with Crippen molar-refractivity contribution in [3.63, 3.8) is 0 Å². The number of carbonyl (C=O) groups is 1. The van der Waals surface area contributed by atoms with Crippen LogP contribution in [-0.4, -0.2) is 62.9 Å². The van der Waals surface area contributed by atoms with E-state index in [0.717, 1.165) is 25.4 Å². The van der Waals surface area contributed by atoms with Crippen LogP contribution in [0.15, 0.2) is 53.4 Å². The molecule has 7 nitrogen and oxygen atoms in total. The van der Waals surface area contributed by atoms with Gasteiger partial charge in [0.25, 0.3) is 0 Å². The molecule has 3 rings (SSSR count). The van der Waals surface area contributed by atoms with Gasteiger partial charge in [0, 0.05) is 36.3 Å². The summed E-state index contributed by atoms with van der Waals surface area (Å²) in [5.41, 5.74) is 0.701. The second-order valence-corrected chi connectivity index (χ2v) is 10.4. The van der Waals surface area contributed by atoms with E-state index >= 15 is 0 Å². The molecule has 1 aliphatic rings. The molecule has 2 aromatic rings. The third kappa shape index (κ3) is 6.93. The van der Waals surface area contributed by atoms with Crippen molar-refractivity contribution in [2.24, 2.45) is 5.92 Å². The van der Waals surface area contributed by atoms with Gasteiger partial charge >= 0.3 is 0 Å². The fourth-order valence-electron chi connectivity index (χ4n) is 3.83. The number of amides is 1. The van der Waals surface area contributed by atoms with Gasteiger partial charge in [-0.1, -0.05) is 25.4 Å². The van der Waals surface area contributed by atoms with E-state index < -0.39 is 10.0 Å². The summed E-state index contributed by atoms with van der Waals surface area (Å²) in [4.78, 5) is 15.2. The Bertz CT molecular complexity index is 1000. The van der Waals surface area contributed by atoms with E-state index in [1.807, 2.05) is 24.3 Å². The molecule has 1 aliphatic heterocycles. The van der Waals surface area contributed by atoms with E-state index in [2.05, 4.69) is 24.1 Å². The minimum Gasteiger partial charge on any atom is -0.492 e. The number of hydrogen-bond acceptors (Lipinski definition) is 5. The lowest BCUT2D eigenvalue weighted by Gasteiger charge is -2.30. The van der Waals surface area contributed by atoms with Crippen molar-refractivity contribution in [2.45, 2.75) is 31.6 Å². The zero-order valence-corrected chi connectivity index (χ0v) is 20.7. The van der Waals surface area contributed by atoms with Crippen LogP contribution in [0.5, 0.6) is 5.75 Å². The molecule has 1 fully saturated rings. The second kappa shape index (κ2) is 11.8. The summed E-state index contributed by atoms with van der Waals surface area (Å²) in [7, 11) is -3.58. The summed E-state index contributed by atoms with van der Waals surface area (Å²) in [6.07, 6.45) is 0.955. The molecule has 1 heterocycles. The highest BCUT2D eigenvalue weighted by Crippen LogP contribution is 2.26. The average Bonchev–Trinajstić information content (AvgIpc) is 2.83. The number of ether oxygens (including phenoxy) is 1. The minimum atomic E-state index is -3.58. The standard InChI is InChI=1S/C24H32ClN3O4S/c1-3-27(4-2)17-18-32-22-9-7-21(8-10-22)26-24(29)19-13-15-28(16-14-19)33(30,31)23-11-5-20(25)6-12-23/h5-12,19H,3-4,13-18H2,1-2H3,(H,26,29). The van der Waals surface area contributed by atoms with Crippen LogP contribution >= 0.6 is 11.6 Å². The smallest absolute Gasteiger partial charge is 0.243 e. The van der Waals surface area contributed by atoms with Gasteiger partial charge in [0.05, 0.1) is 4.90 Å². The SMILES string of the molecule is CCN(CC)CCOc1ccc(NC(=O)C2CCN(S(=O)(=O)c3ccc(Cl)cc3)CC2)cc1. The van der Waals surface area contributed by atoms with Gasteiger partial charge in [-0.25, -0.2) is 8.42 Å². The molecule has 1 saturated heterocycles. The van der Waals surface area contributed by atoms with Crippen molar-refractivity contribution < 1.29 is 17.9 Å². The maximum absolute atomic E-state index is 12.8. The molecule has 0 atom stereocenters. The molecule has 9 heteroatoms. The number of halogens is 1. The first-order chi connectivity index (χ1) is 15.8. The molecule has 0 radical (unpaired) electrons. The van der Waals surface area contributed by atoms with E-state index in [1.165, 1.54) is 16.4 Å². The molecule has 0 aliphatic carbocycles. The van der Waals surface area contributed by atoms with Crippen molar-refractivity contribution in [3.05, 3.63) is 53.6 Å². The van der Waals surface area contributed by atoms with Crippen LogP contribution in [0.4, 0.5) is 5.69 Å². The molecule has 33 heavy (non-hydrogen) atoms. The fraction of sp³-hybridized carbons (Fsp3) is 0.458. The number of anilines is 1. The molecule has 0 saturated carbocycles. The maximum Gasteiger partial charge on any atom is 0.243 e. The number of hydrogen-bond donors (Lipinski definition) is 1. The van der Waals surface area contributed by atoms with E-state index in [-0.39, 0.29) is 16.7 Å². The molecular weight excluding hydrogens is 462 g/mol. The number of piperidine rings is 1. The Labute approximate surface area is 201 Å². The summed E-state index contributed by atoms with van der Waals surface area (Å²) in [6.45, 7) is 8.36. The zero-order chi connectivity index (χ0) is 23.8. The van der Waals surface area contributed by atoms with E-state index in [0.29, 0.717) is 43.2 Å². The maximum atomic E-state index is 12.8. The molecular formula is C24H32ClN3O4S. The summed E-state index contributed by atoms with van der Waals surface area (Å²) in [6, 6.07) is 13.5. The Morgan fingerprint density at radius 3 is 2.24 bits per heavy atom. The Hall–Kier alpha value is -2.13. The highest BCUT2D eigenvalue weighted by molar-refractivity contribution is 7.89. The predicted octanol–water partition coefficient (Wildman–Crippen LogP) is 4.10. The van der Waals surface area contributed by atoms with Crippen LogP contribution in [-0.2, 0) is 14.8 Å². The van der Waals surface area contributed by atoms with Crippen molar-refractivity contribution in [1.29, 1.82) is 0 Å². The van der Waals surface area contributed by atoms with Crippen LogP contribution in [0.1, 0.15) is 26.7 Å².